The second-order valence-corrected chi connectivity index (χ2v) is 6.09. The number of anilines is 2. The fourth-order valence-electron chi connectivity index (χ4n) is 2.90. The van der Waals surface area contributed by atoms with Gasteiger partial charge in [-0.1, -0.05) is 23.8 Å². The molecule has 0 radical (unpaired) electrons. The standard InChI is InChI=1S/C20H16N6/c1-14-6-7-18-17(10-14)20(19(12-21)25-24-18)23-16-5-2-4-15(11-16)13-26-9-3-8-22-26/h2-11H,13H2,1H3,(H,23,24). The van der Waals surface area contributed by atoms with E-state index in [1.165, 1.54) is 0 Å². The maximum Gasteiger partial charge on any atom is 0.187 e. The summed E-state index contributed by atoms with van der Waals surface area (Å²) in [7, 11) is 0. The predicted octanol–water partition coefficient (Wildman–Crippen LogP) is 3.80. The first-order valence-corrected chi connectivity index (χ1v) is 8.23. The zero-order valence-corrected chi connectivity index (χ0v) is 14.2. The number of rotatable bonds is 4. The zero-order valence-electron chi connectivity index (χ0n) is 14.2. The minimum absolute atomic E-state index is 0.278. The Morgan fingerprint density at radius 2 is 2.04 bits per heavy atom. The van der Waals surface area contributed by atoms with Crippen molar-refractivity contribution >= 4 is 22.3 Å². The molecule has 0 spiro atoms. The first-order valence-electron chi connectivity index (χ1n) is 8.23. The maximum atomic E-state index is 9.45. The van der Waals surface area contributed by atoms with Gasteiger partial charge in [0.25, 0.3) is 0 Å². The molecular weight excluding hydrogens is 324 g/mol. The molecular formula is C20H16N6. The third-order valence-corrected chi connectivity index (χ3v) is 4.12. The molecule has 1 N–H and O–H groups in total. The first kappa shape index (κ1) is 15.8. The van der Waals surface area contributed by atoms with Crippen molar-refractivity contribution in [3.8, 4) is 6.07 Å². The SMILES string of the molecule is Cc1ccc2nnc(C#N)c(Nc3cccc(Cn4cccn4)c3)c2c1. The van der Waals surface area contributed by atoms with Gasteiger partial charge in [0.1, 0.15) is 6.07 Å². The number of nitrogens with one attached hydrogen (secondary N) is 1. The van der Waals surface area contributed by atoms with Gasteiger partial charge in [-0.05, 0) is 42.8 Å². The number of fused-ring (bicyclic) bond motifs is 1. The van der Waals surface area contributed by atoms with Crippen LogP contribution < -0.4 is 5.32 Å². The number of nitriles is 1. The molecule has 0 saturated heterocycles. The Labute approximate surface area is 150 Å². The molecule has 0 aliphatic carbocycles. The lowest BCUT2D eigenvalue weighted by Crippen LogP contribution is -2.02. The highest BCUT2D eigenvalue weighted by Gasteiger charge is 2.11. The van der Waals surface area contributed by atoms with E-state index < -0.39 is 0 Å². The second kappa shape index (κ2) is 6.65. The molecule has 26 heavy (non-hydrogen) atoms. The summed E-state index contributed by atoms with van der Waals surface area (Å²) >= 11 is 0. The molecule has 4 rings (SSSR count). The zero-order chi connectivity index (χ0) is 17.9. The fraction of sp³-hybridized carbons (Fsp3) is 0.100. The highest BCUT2D eigenvalue weighted by Crippen LogP contribution is 2.28. The van der Waals surface area contributed by atoms with Crippen molar-refractivity contribution in [2.24, 2.45) is 0 Å². The largest absolute Gasteiger partial charge is 0.353 e. The number of benzene rings is 2. The Kier molecular flexibility index (Phi) is 4.04. The second-order valence-electron chi connectivity index (χ2n) is 6.09. The van der Waals surface area contributed by atoms with Gasteiger partial charge in [0.15, 0.2) is 5.69 Å². The van der Waals surface area contributed by atoms with E-state index >= 15 is 0 Å². The number of aromatic nitrogens is 4. The van der Waals surface area contributed by atoms with Crippen molar-refractivity contribution in [3.05, 3.63) is 77.7 Å². The topological polar surface area (TPSA) is 79.4 Å². The van der Waals surface area contributed by atoms with Crippen LogP contribution in [0.3, 0.4) is 0 Å². The van der Waals surface area contributed by atoms with Crippen molar-refractivity contribution in [3.63, 3.8) is 0 Å². The van der Waals surface area contributed by atoms with E-state index in [0.29, 0.717) is 12.2 Å². The molecule has 0 fully saturated rings. The van der Waals surface area contributed by atoms with Gasteiger partial charge in [0.05, 0.1) is 17.7 Å². The van der Waals surface area contributed by atoms with Crippen LogP contribution in [0.15, 0.2) is 60.9 Å². The number of nitrogens with zero attached hydrogens (tertiary/aromatic N) is 5. The monoisotopic (exact) mass is 340 g/mol. The van der Waals surface area contributed by atoms with E-state index in [0.717, 1.165) is 27.7 Å². The van der Waals surface area contributed by atoms with Crippen LogP contribution in [0.5, 0.6) is 0 Å². The van der Waals surface area contributed by atoms with E-state index in [1.54, 1.807) is 6.20 Å². The van der Waals surface area contributed by atoms with Gasteiger partial charge >= 0.3 is 0 Å². The Bertz CT molecular complexity index is 1110. The third-order valence-electron chi connectivity index (χ3n) is 4.12. The predicted molar refractivity (Wildman–Crippen MR) is 100 cm³/mol. The van der Waals surface area contributed by atoms with Crippen LogP contribution in [-0.4, -0.2) is 20.0 Å². The van der Waals surface area contributed by atoms with E-state index in [-0.39, 0.29) is 5.69 Å². The van der Waals surface area contributed by atoms with Crippen molar-refractivity contribution in [2.45, 2.75) is 13.5 Å². The summed E-state index contributed by atoms with van der Waals surface area (Å²) in [6, 6.07) is 18.0. The van der Waals surface area contributed by atoms with Gasteiger partial charge in [0, 0.05) is 23.5 Å². The van der Waals surface area contributed by atoms with Gasteiger partial charge < -0.3 is 5.32 Å². The van der Waals surface area contributed by atoms with Gasteiger partial charge in [0.2, 0.25) is 0 Å². The van der Waals surface area contributed by atoms with E-state index in [4.69, 9.17) is 0 Å². The van der Waals surface area contributed by atoms with E-state index in [9.17, 15) is 5.26 Å². The molecule has 126 valence electrons. The Balaban J connectivity index is 1.73. The average Bonchev–Trinajstić information content (AvgIpc) is 3.15. The van der Waals surface area contributed by atoms with Crippen LogP contribution >= 0.6 is 0 Å². The molecule has 2 aromatic carbocycles. The van der Waals surface area contributed by atoms with Crippen LogP contribution in [0.1, 0.15) is 16.8 Å². The van der Waals surface area contributed by atoms with Crippen molar-refractivity contribution in [1.29, 1.82) is 5.26 Å². The first-order chi connectivity index (χ1) is 12.7. The molecule has 0 saturated carbocycles. The summed E-state index contributed by atoms with van der Waals surface area (Å²) in [5, 5.41) is 26.1. The van der Waals surface area contributed by atoms with Crippen LogP contribution in [0.25, 0.3) is 10.9 Å². The Hall–Kier alpha value is -3.72. The van der Waals surface area contributed by atoms with Crippen LogP contribution in [-0.2, 0) is 6.54 Å². The number of hydrogen-bond donors (Lipinski definition) is 1. The lowest BCUT2D eigenvalue weighted by molar-refractivity contribution is 0.687. The molecule has 0 atom stereocenters. The minimum Gasteiger partial charge on any atom is -0.353 e. The molecule has 0 aliphatic heterocycles. The summed E-state index contributed by atoms with van der Waals surface area (Å²) in [6.07, 6.45) is 3.69. The molecule has 4 aromatic rings. The summed E-state index contributed by atoms with van der Waals surface area (Å²) in [5.74, 6) is 0. The van der Waals surface area contributed by atoms with Gasteiger partial charge in [-0.15, -0.1) is 10.2 Å². The third kappa shape index (κ3) is 3.10. The minimum atomic E-state index is 0.278. The van der Waals surface area contributed by atoms with Crippen molar-refractivity contribution in [2.75, 3.05) is 5.32 Å². The number of aryl methyl sites for hydroxylation is 1. The molecule has 2 aromatic heterocycles. The lowest BCUT2D eigenvalue weighted by atomic mass is 10.1. The Morgan fingerprint density at radius 3 is 2.85 bits per heavy atom. The van der Waals surface area contributed by atoms with Gasteiger partial charge in [-0.25, -0.2) is 0 Å². The van der Waals surface area contributed by atoms with Gasteiger partial charge in [-0.3, -0.25) is 4.68 Å². The smallest absolute Gasteiger partial charge is 0.187 e. The van der Waals surface area contributed by atoms with E-state index in [2.05, 4.69) is 26.7 Å². The molecule has 6 nitrogen and oxygen atoms in total. The van der Waals surface area contributed by atoms with Crippen LogP contribution in [0.4, 0.5) is 11.4 Å². The average molecular weight is 340 g/mol. The normalized spacial score (nSPS) is 10.6. The molecule has 6 heteroatoms. The number of hydrogen-bond acceptors (Lipinski definition) is 5. The van der Waals surface area contributed by atoms with Crippen molar-refractivity contribution < 1.29 is 0 Å². The Morgan fingerprint density at radius 1 is 1.12 bits per heavy atom. The highest BCUT2D eigenvalue weighted by molar-refractivity contribution is 5.95. The highest BCUT2D eigenvalue weighted by atomic mass is 15.3. The van der Waals surface area contributed by atoms with Gasteiger partial charge in [-0.2, -0.15) is 10.4 Å². The lowest BCUT2D eigenvalue weighted by Gasteiger charge is -2.12. The van der Waals surface area contributed by atoms with Crippen LogP contribution in [0, 0.1) is 18.3 Å². The summed E-state index contributed by atoms with van der Waals surface area (Å²) < 4.78 is 1.87. The summed E-state index contributed by atoms with van der Waals surface area (Å²) in [5.41, 5.74) is 4.81. The van der Waals surface area contributed by atoms with Crippen molar-refractivity contribution in [1.82, 2.24) is 20.0 Å². The maximum absolute atomic E-state index is 9.45. The molecule has 0 bridgehead atoms. The fourth-order valence-corrected chi connectivity index (χ4v) is 2.90. The summed E-state index contributed by atoms with van der Waals surface area (Å²) in [4.78, 5) is 0. The summed E-state index contributed by atoms with van der Waals surface area (Å²) in [6.45, 7) is 2.70. The molecule has 0 amide bonds. The van der Waals surface area contributed by atoms with E-state index in [1.807, 2.05) is 66.3 Å². The quantitative estimate of drug-likeness (QED) is 0.611. The van der Waals surface area contributed by atoms with Crippen LogP contribution in [0.2, 0.25) is 0 Å². The molecule has 0 aliphatic rings. The molecule has 0 unspecified atom stereocenters. The molecule has 2 heterocycles.